The summed E-state index contributed by atoms with van der Waals surface area (Å²) < 4.78 is 1.61. The Morgan fingerprint density at radius 2 is 2.08 bits per heavy atom. The minimum Gasteiger partial charge on any atom is -0.324 e. The van der Waals surface area contributed by atoms with Gasteiger partial charge < -0.3 is 5.32 Å². The van der Waals surface area contributed by atoms with E-state index in [2.05, 4.69) is 20.8 Å². The highest BCUT2D eigenvalue weighted by Gasteiger charge is 2.12. The number of hydrogen-bond acceptors (Lipinski definition) is 5. The van der Waals surface area contributed by atoms with Crippen molar-refractivity contribution < 1.29 is 4.79 Å². The Hall–Kier alpha value is -2.38. The van der Waals surface area contributed by atoms with Crippen LogP contribution in [0.3, 0.4) is 0 Å². The number of aromatic nitrogens is 4. The van der Waals surface area contributed by atoms with Crippen LogP contribution in [0.25, 0.3) is 5.69 Å². The number of halogens is 1. The first-order valence-corrected chi connectivity index (χ1v) is 8.52. The summed E-state index contributed by atoms with van der Waals surface area (Å²) >= 11 is 7.29. The summed E-state index contributed by atoms with van der Waals surface area (Å²) in [6, 6.07) is 14.9. The quantitative estimate of drug-likeness (QED) is 0.707. The normalized spacial score (nSPS) is 10.6. The van der Waals surface area contributed by atoms with Gasteiger partial charge in [-0.15, -0.1) is 5.10 Å². The van der Waals surface area contributed by atoms with Crippen molar-refractivity contribution in [2.45, 2.75) is 12.1 Å². The zero-order valence-corrected chi connectivity index (χ0v) is 14.4. The molecule has 0 bridgehead atoms. The number of para-hydroxylation sites is 1. The topological polar surface area (TPSA) is 72.7 Å². The average Bonchev–Trinajstić information content (AvgIpc) is 3.04. The van der Waals surface area contributed by atoms with Crippen molar-refractivity contribution in [3.63, 3.8) is 0 Å². The fourth-order valence-electron chi connectivity index (χ4n) is 2.07. The lowest BCUT2D eigenvalue weighted by Gasteiger charge is -2.07. The van der Waals surface area contributed by atoms with Crippen LogP contribution in [0, 0.1) is 6.92 Å². The average molecular weight is 360 g/mol. The van der Waals surface area contributed by atoms with E-state index >= 15 is 0 Å². The van der Waals surface area contributed by atoms with Crippen molar-refractivity contribution >= 4 is 35.0 Å². The summed E-state index contributed by atoms with van der Waals surface area (Å²) in [6.45, 7) is 2.00. The Kier molecular flexibility index (Phi) is 5.12. The van der Waals surface area contributed by atoms with Gasteiger partial charge in [-0.25, -0.2) is 0 Å². The van der Waals surface area contributed by atoms with Crippen LogP contribution in [0.1, 0.15) is 5.56 Å². The van der Waals surface area contributed by atoms with Crippen molar-refractivity contribution in [3.8, 4) is 5.69 Å². The van der Waals surface area contributed by atoms with E-state index in [1.54, 1.807) is 16.8 Å². The van der Waals surface area contributed by atoms with Gasteiger partial charge in [0.25, 0.3) is 0 Å². The Labute approximate surface area is 148 Å². The fraction of sp³-hybridized carbons (Fsp3) is 0.125. The third kappa shape index (κ3) is 3.93. The minimum absolute atomic E-state index is 0.174. The molecule has 2 aromatic carbocycles. The van der Waals surface area contributed by atoms with Gasteiger partial charge in [0.2, 0.25) is 11.1 Å². The highest BCUT2D eigenvalue weighted by atomic mass is 35.5. The molecule has 0 aliphatic heterocycles. The molecule has 0 saturated heterocycles. The van der Waals surface area contributed by atoms with Gasteiger partial charge in [0.1, 0.15) is 0 Å². The summed E-state index contributed by atoms with van der Waals surface area (Å²) in [5, 5.41) is 15.5. The molecule has 0 fully saturated rings. The maximum atomic E-state index is 12.1. The Morgan fingerprint density at radius 3 is 2.88 bits per heavy atom. The number of aryl methyl sites for hydroxylation is 1. The first kappa shape index (κ1) is 16.5. The van der Waals surface area contributed by atoms with Gasteiger partial charge in [-0.1, -0.05) is 47.6 Å². The molecular formula is C16H14ClN5OS. The zero-order chi connectivity index (χ0) is 16.9. The van der Waals surface area contributed by atoms with Crippen molar-refractivity contribution in [2.24, 2.45) is 0 Å². The Balaban J connectivity index is 1.67. The Morgan fingerprint density at radius 1 is 1.25 bits per heavy atom. The number of nitrogens with one attached hydrogen (secondary N) is 1. The molecule has 24 heavy (non-hydrogen) atoms. The van der Waals surface area contributed by atoms with E-state index in [0.29, 0.717) is 15.9 Å². The number of carbonyl (C=O) groups excluding carboxylic acids is 1. The summed E-state index contributed by atoms with van der Waals surface area (Å²) in [6.07, 6.45) is 0. The molecule has 3 aromatic rings. The molecule has 1 heterocycles. The molecule has 1 N–H and O–H groups in total. The van der Waals surface area contributed by atoms with Gasteiger partial charge in [-0.05, 0) is 47.2 Å². The second-order valence-corrected chi connectivity index (χ2v) is 6.38. The van der Waals surface area contributed by atoms with Gasteiger partial charge in [-0.3, -0.25) is 4.79 Å². The van der Waals surface area contributed by atoms with Gasteiger partial charge in [0, 0.05) is 0 Å². The van der Waals surface area contributed by atoms with E-state index in [1.807, 2.05) is 43.3 Å². The second-order valence-electron chi connectivity index (χ2n) is 5.03. The third-order valence-corrected chi connectivity index (χ3v) is 4.42. The molecule has 0 aliphatic carbocycles. The first-order chi connectivity index (χ1) is 11.6. The number of amides is 1. The molecule has 0 radical (unpaired) electrons. The van der Waals surface area contributed by atoms with Crippen molar-refractivity contribution in [2.75, 3.05) is 11.1 Å². The van der Waals surface area contributed by atoms with E-state index in [4.69, 9.17) is 11.6 Å². The minimum atomic E-state index is -0.174. The molecular weight excluding hydrogens is 346 g/mol. The van der Waals surface area contributed by atoms with Crippen LogP contribution in [-0.2, 0) is 4.79 Å². The highest BCUT2D eigenvalue weighted by Crippen LogP contribution is 2.22. The number of hydrogen-bond donors (Lipinski definition) is 1. The van der Waals surface area contributed by atoms with Gasteiger partial charge in [0.15, 0.2) is 0 Å². The predicted molar refractivity (Wildman–Crippen MR) is 94.7 cm³/mol. The van der Waals surface area contributed by atoms with Crippen LogP contribution < -0.4 is 5.32 Å². The van der Waals surface area contributed by atoms with Gasteiger partial charge in [-0.2, -0.15) is 4.68 Å². The van der Waals surface area contributed by atoms with Gasteiger partial charge in [0.05, 0.1) is 22.2 Å². The molecule has 0 saturated carbocycles. The summed E-state index contributed by atoms with van der Waals surface area (Å²) in [7, 11) is 0. The lowest BCUT2D eigenvalue weighted by Crippen LogP contribution is -2.14. The SMILES string of the molecule is Cc1cccc(-n2nnnc2SCC(=O)Nc2ccccc2Cl)c1. The van der Waals surface area contributed by atoms with Crippen LogP contribution in [0.4, 0.5) is 5.69 Å². The first-order valence-electron chi connectivity index (χ1n) is 7.16. The third-order valence-electron chi connectivity index (χ3n) is 3.17. The molecule has 0 spiro atoms. The maximum absolute atomic E-state index is 12.1. The summed E-state index contributed by atoms with van der Waals surface area (Å²) in [5.41, 5.74) is 2.55. The molecule has 0 unspecified atom stereocenters. The van der Waals surface area contributed by atoms with E-state index in [1.165, 1.54) is 11.8 Å². The number of benzene rings is 2. The second kappa shape index (κ2) is 7.46. The fourth-order valence-corrected chi connectivity index (χ4v) is 2.94. The molecule has 0 aliphatic rings. The van der Waals surface area contributed by atoms with E-state index in [-0.39, 0.29) is 11.7 Å². The largest absolute Gasteiger partial charge is 0.324 e. The number of thioether (sulfide) groups is 1. The lowest BCUT2D eigenvalue weighted by atomic mass is 10.2. The van der Waals surface area contributed by atoms with Crippen molar-refractivity contribution in [3.05, 3.63) is 59.1 Å². The number of tetrazole rings is 1. The molecule has 1 aromatic heterocycles. The van der Waals surface area contributed by atoms with Crippen LogP contribution in [0.15, 0.2) is 53.7 Å². The van der Waals surface area contributed by atoms with Crippen LogP contribution in [0.5, 0.6) is 0 Å². The molecule has 3 rings (SSSR count). The lowest BCUT2D eigenvalue weighted by molar-refractivity contribution is -0.113. The van der Waals surface area contributed by atoms with E-state index in [9.17, 15) is 4.79 Å². The number of nitrogens with zero attached hydrogens (tertiary/aromatic N) is 4. The smallest absolute Gasteiger partial charge is 0.234 e. The van der Waals surface area contributed by atoms with Crippen LogP contribution in [0.2, 0.25) is 5.02 Å². The molecule has 122 valence electrons. The van der Waals surface area contributed by atoms with Gasteiger partial charge >= 0.3 is 0 Å². The van der Waals surface area contributed by atoms with E-state index in [0.717, 1.165) is 11.3 Å². The summed E-state index contributed by atoms with van der Waals surface area (Å²) in [4.78, 5) is 12.1. The highest BCUT2D eigenvalue weighted by molar-refractivity contribution is 7.99. The molecule has 0 atom stereocenters. The predicted octanol–water partition coefficient (Wildman–Crippen LogP) is 3.35. The summed E-state index contributed by atoms with van der Waals surface area (Å²) in [5.74, 6) is 0.00381. The molecule has 1 amide bonds. The Bertz CT molecular complexity index is 867. The standard InChI is InChI=1S/C16H14ClN5OS/c1-11-5-4-6-12(9-11)22-16(19-20-21-22)24-10-15(23)18-14-8-3-2-7-13(14)17/h2-9H,10H2,1H3,(H,18,23). The van der Waals surface area contributed by atoms with Crippen LogP contribution >= 0.6 is 23.4 Å². The number of rotatable bonds is 5. The number of carbonyl (C=O) groups is 1. The van der Waals surface area contributed by atoms with Crippen molar-refractivity contribution in [1.29, 1.82) is 0 Å². The molecule has 6 nitrogen and oxygen atoms in total. The number of anilines is 1. The zero-order valence-electron chi connectivity index (χ0n) is 12.8. The van der Waals surface area contributed by atoms with Crippen LogP contribution in [-0.4, -0.2) is 31.9 Å². The monoisotopic (exact) mass is 359 g/mol. The maximum Gasteiger partial charge on any atom is 0.234 e. The van der Waals surface area contributed by atoms with Crippen molar-refractivity contribution in [1.82, 2.24) is 20.2 Å². The molecule has 8 heteroatoms. The van der Waals surface area contributed by atoms with E-state index < -0.39 is 0 Å².